The second-order valence-corrected chi connectivity index (χ2v) is 6.26. The van der Waals surface area contributed by atoms with Gasteiger partial charge in [0.2, 0.25) is 0 Å². The summed E-state index contributed by atoms with van der Waals surface area (Å²) in [4.78, 5) is 11.5. The highest BCUT2D eigenvalue weighted by Gasteiger charge is 2.23. The SMILES string of the molecule is C=C(C)C(=O)Oc1ccc(OC(C)OC2Cc3ccccc3C2)cc1. The summed E-state index contributed by atoms with van der Waals surface area (Å²) < 4.78 is 17.0. The molecule has 1 unspecified atom stereocenters. The molecule has 0 saturated carbocycles. The first-order chi connectivity index (χ1) is 12.0. The van der Waals surface area contributed by atoms with Gasteiger partial charge in [-0.3, -0.25) is 0 Å². The summed E-state index contributed by atoms with van der Waals surface area (Å²) in [5.41, 5.74) is 3.06. The predicted molar refractivity (Wildman–Crippen MR) is 95.7 cm³/mol. The minimum atomic E-state index is -0.439. The third-order valence-electron chi connectivity index (χ3n) is 4.08. The van der Waals surface area contributed by atoms with E-state index in [9.17, 15) is 4.79 Å². The van der Waals surface area contributed by atoms with Crippen molar-refractivity contribution in [1.29, 1.82) is 0 Å². The van der Waals surface area contributed by atoms with E-state index in [1.54, 1.807) is 31.2 Å². The van der Waals surface area contributed by atoms with Crippen LogP contribution in [-0.4, -0.2) is 18.4 Å². The molecule has 0 saturated heterocycles. The molecule has 0 N–H and O–H groups in total. The Kier molecular flexibility index (Phi) is 5.19. The maximum atomic E-state index is 11.5. The van der Waals surface area contributed by atoms with E-state index in [2.05, 4.69) is 30.8 Å². The zero-order valence-corrected chi connectivity index (χ0v) is 14.5. The van der Waals surface area contributed by atoms with E-state index in [0.29, 0.717) is 17.1 Å². The van der Waals surface area contributed by atoms with Crippen molar-refractivity contribution in [1.82, 2.24) is 0 Å². The van der Waals surface area contributed by atoms with Gasteiger partial charge < -0.3 is 14.2 Å². The molecular weight excluding hydrogens is 316 g/mol. The third-order valence-corrected chi connectivity index (χ3v) is 4.08. The highest BCUT2D eigenvalue weighted by atomic mass is 16.7. The normalized spacial score (nSPS) is 14.6. The summed E-state index contributed by atoms with van der Waals surface area (Å²) >= 11 is 0. The summed E-state index contributed by atoms with van der Waals surface area (Å²) in [6, 6.07) is 15.3. The van der Waals surface area contributed by atoms with E-state index in [4.69, 9.17) is 14.2 Å². The van der Waals surface area contributed by atoms with E-state index < -0.39 is 5.97 Å². The van der Waals surface area contributed by atoms with Crippen LogP contribution in [0.1, 0.15) is 25.0 Å². The minimum absolute atomic E-state index is 0.142. The molecule has 0 amide bonds. The van der Waals surface area contributed by atoms with E-state index >= 15 is 0 Å². The second kappa shape index (κ2) is 7.53. The number of rotatable bonds is 6. The zero-order chi connectivity index (χ0) is 17.8. The molecule has 4 heteroatoms. The third kappa shape index (κ3) is 4.48. The fourth-order valence-corrected chi connectivity index (χ4v) is 2.89. The number of ether oxygens (including phenoxy) is 3. The summed E-state index contributed by atoms with van der Waals surface area (Å²) in [6.07, 6.45) is 1.62. The average Bonchev–Trinajstić information content (AvgIpc) is 2.98. The Balaban J connectivity index is 1.51. The van der Waals surface area contributed by atoms with Gasteiger partial charge in [-0.2, -0.15) is 0 Å². The predicted octanol–water partition coefficient (Wildman–Crippen LogP) is 4.08. The lowest BCUT2D eigenvalue weighted by molar-refractivity contribution is -0.130. The average molecular weight is 338 g/mol. The van der Waals surface area contributed by atoms with Gasteiger partial charge in [0.1, 0.15) is 11.5 Å². The van der Waals surface area contributed by atoms with Crippen LogP contribution >= 0.6 is 0 Å². The molecule has 25 heavy (non-hydrogen) atoms. The lowest BCUT2D eigenvalue weighted by Gasteiger charge is -2.19. The van der Waals surface area contributed by atoms with Crippen LogP contribution in [0.2, 0.25) is 0 Å². The summed E-state index contributed by atoms with van der Waals surface area (Å²) in [7, 11) is 0. The van der Waals surface area contributed by atoms with Crippen molar-refractivity contribution >= 4 is 5.97 Å². The molecule has 0 aromatic heterocycles. The molecule has 1 aliphatic rings. The maximum absolute atomic E-state index is 11.5. The van der Waals surface area contributed by atoms with Gasteiger partial charge in [0.25, 0.3) is 0 Å². The lowest BCUT2D eigenvalue weighted by Crippen LogP contribution is -2.24. The fourth-order valence-electron chi connectivity index (χ4n) is 2.89. The van der Waals surface area contributed by atoms with Crippen LogP contribution in [-0.2, 0) is 22.4 Å². The van der Waals surface area contributed by atoms with Crippen LogP contribution in [0.15, 0.2) is 60.7 Å². The lowest BCUT2D eigenvalue weighted by atomic mass is 10.1. The topological polar surface area (TPSA) is 44.8 Å². The van der Waals surface area contributed by atoms with Crippen LogP contribution < -0.4 is 9.47 Å². The van der Waals surface area contributed by atoms with Gasteiger partial charge in [0.05, 0.1) is 6.10 Å². The van der Waals surface area contributed by atoms with Crippen molar-refractivity contribution in [3.63, 3.8) is 0 Å². The van der Waals surface area contributed by atoms with Crippen molar-refractivity contribution in [2.45, 2.75) is 39.1 Å². The van der Waals surface area contributed by atoms with E-state index in [0.717, 1.165) is 12.8 Å². The molecule has 1 atom stereocenters. The van der Waals surface area contributed by atoms with Gasteiger partial charge in [0.15, 0.2) is 6.29 Å². The van der Waals surface area contributed by atoms with E-state index in [1.165, 1.54) is 11.1 Å². The van der Waals surface area contributed by atoms with Crippen LogP contribution in [0.5, 0.6) is 11.5 Å². The first kappa shape index (κ1) is 17.2. The van der Waals surface area contributed by atoms with Crippen LogP contribution in [0.3, 0.4) is 0 Å². The van der Waals surface area contributed by atoms with E-state index in [-0.39, 0.29) is 12.4 Å². The Morgan fingerprint density at radius 3 is 2.16 bits per heavy atom. The number of fused-ring (bicyclic) bond motifs is 1. The number of carbonyl (C=O) groups excluding carboxylic acids is 1. The molecule has 3 rings (SSSR count). The van der Waals surface area contributed by atoms with Crippen molar-refractivity contribution < 1.29 is 19.0 Å². The Bertz CT molecular complexity index is 739. The Hall–Kier alpha value is -2.59. The van der Waals surface area contributed by atoms with Crippen molar-refractivity contribution in [2.75, 3.05) is 0 Å². The Labute approximate surface area is 148 Å². The Morgan fingerprint density at radius 2 is 1.60 bits per heavy atom. The molecule has 0 spiro atoms. The smallest absolute Gasteiger partial charge is 0.338 e. The van der Waals surface area contributed by atoms with Gasteiger partial charge in [0, 0.05) is 5.57 Å². The van der Waals surface area contributed by atoms with Gasteiger partial charge >= 0.3 is 5.97 Å². The number of benzene rings is 2. The first-order valence-electron chi connectivity index (χ1n) is 8.38. The minimum Gasteiger partial charge on any atom is -0.465 e. The zero-order valence-electron chi connectivity index (χ0n) is 14.5. The second-order valence-electron chi connectivity index (χ2n) is 6.26. The van der Waals surface area contributed by atoms with Gasteiger partial charge in [-0.1, -0.05) is 30.8 Å². The van der Waals surface area contributed by atoms with E-state index in [1.807, 2.05) is 6.92 Å². The number of hydrogen-bond donors (Lipinski definition) is 0. The van der Waals surface area contributed by atoms with Crippen LogP contribution in [0.4, 0.5) is 0 Å². The molecule has 1 aliphatic carbocycles. The molecule has 0 aliphatic heterocycles. The molecule has 130 valence electrons. The highest BCUT2D eigenvalue weighted by molar-refractivity contribution is 5.88. The highest BCUT2D eigenvalue weighted by Crippen LogP contribution is 2.25. The first-order valence-corrected chi connectivity index (χ1v) is 8.38. The standard InChI is InChI=1S/C21H22O4/c1-14(2)21(22)25-19-10-8-18(9-11-19)23-15(3)24-20-12-16-6-4-5-7-17(16)13-20/h4-11,15,20H,1,12-13H2,2-3H3. The monoisotopic (exact) mass is 338 g/mol. The number of carbonyl (C=O) groups is 1. The molecular formula is C21H22O4. The molecule has 4 nitrogen and oxygen atoms in total. The number of esters is 1. The molecule has 0 bridgehead atoms. The molecule has 0 fully saturated rings. The van der Waals surface area contributed by atoms with Crippen molar-refractivity contribution in [3.05, 3.63) is 71.8 Å². The molecule has 2 aromatic rings. The number of hydrogen-bond acceptors (Lipinski definition) is 4. The summed E-state index contributed by atoms with van der Waals surface area (Å²) in [5, 5.41) is 0. The van der Waals surface area contributed by atoms with Crippen LogP contribution in [0, 0.1) is 0 Å². The van der Waals surface area contributed by atoms with Gasteiger partial charge in [-0.25, -0.2) is 4.79 Å². The fraction of sp³-hybridized carbons (Fsp3) is 0.286. The van der Waals surface area contributed by atoms with Crippen molar-refractivity contribution in [2.24, 2.45) is 0 Å². The molecule has 0 radical (unpaired) electrons. The van der Waals surface area contributed by atoms with Crippen molar-refractivity contribution in [3.8, 4) is 11.5 Å². The molecule has 2 aromatic carbocycles. The summed E-state index contributed by atoms with van der Waals surface area (Å²) in [5.74, 6) is 0.685. The Morgan fingerprint density at radius 1 is 1.04 bits per heavy atom. The quantitative estimate of drug-likeness (QED) is 0.345. The van der Waals surface area contributed by atoms with Gasteiger partial charge in [-0.15, -0.1) is 0 Å². The largest absolute Gasteiger partial charge is 0.465 e. The summed E-state index contributed by atoms with van der Waals surface area (Å²) in [6.45, 7) is 7.05. The molecule has 0 heterocycles. The van der Waals surface area contributed by atoms with Crippen LogP contribution in [0.25, 0.3) is 0 Å². The maximum Gasteiger partial charge on any atom is 0.338 e. The van der Waals surface area contributed by atoms with Gasteiger partial charge in [-0.05, 0) is 62.1 Å².